The predicted molar refractivity (Wildman–Crippen MR) is 81.4 cm³/mol. The summed E-state index contributed by atoms with van der Waals surface area (Å²) in [5, 5.41) is 0. The fourth-order valence-electron chi connectivity index (χ4n) is 2.36. The van der Waals surface area contributed by atoms with Crippen molar-refractivity contribution in [2.24, 2.45) is 0 Å². The molecule has 1 fully saturated rings. The van der Waals surface area contributed by atoms with Gasteiger partial charge in [0.15, 0.2) is 0 Å². The van der Waals surface area contributed by atoms with Crippen molar-refractivity contribution in [3.63, 3.8) is 0 Å². The summed E-state index contributed by atoms with van der Waals surface area (Å²) in [4.78, 5) is 2.52. The highest BCUT2D eigenvalue weighted by Gasteiger charge is 2.22. The fourth-order valence-corrected chi connectivity index (χ4v) is 3.99. The first-order valence-corrected chi connectivity index (χ1v) is 8.03. The minimum absolute atomic E-state index is 0.551. The van der Waals surface area contributed by atoms with Gasteiger partial charge in [0.25, 0.3) is 0 Å². The Hall–Kier alpha value is -0.120. The van der Waals surface area contributed by atoms with Crippen LogP contribution in [0.15, 0.2) is 30.3 Å². The normalized spacial score (nSPS) is 21.9. The number of hydrogen-bond acceptors (Lipinski definition) is 3. The molecule has 94 valence electrons. The Bertz CT molecular complexity index is 322. The van der Waals surface area contributed by atoms with Crippen LogP contribution in [0.1, 0.15) is 17.9 Å². The lowest BCUT2D eigenvalue weighted by Gasteiger charge is -2.28. The molecule has 1 aliphatic rings. The molecule has 1 saturated heterocycles. The molecule has 2 rings (SSSR count). The van der Waals surface area contributed by atoms with Gasteiger partial charge in [0, 0.05) is 24.3 Å². The van der Waals surface area contributed by atoms with Gasteiger partial charge in [-0.15, -0.1) is 0 Å². The summed E-state index contributed by atoms with van der Waals surface area (Å²) in [6.07, 6.45) is 1.34. The first kappa shape index (κ1) is 13.3. The third-order valence-electron chi connectivity index (χ3n) is 3.53. The van der Waals surface area contributed by atoms with Gasteiger partial charge in [-0.2, -0.15) is 24.4 Å². The van der Waals surface area contributed by atoms with Gasteiger partial charge in [-0.3, -0.25) is 0 Å². The maximum Gasteiger partial charge on any atom is 0.0191 e. The summed E-state index contributed by atoms with van der Waals surface area (Å²) >= 11 is 6.59. The van der Waals surface area contributed by atoms with Gasteiger partial charge in [-0.05, 0) is 30.5 Å². The van der Waals surface area contributed by atoms with Gasteiger partial charge < -0.3 is 4.90 Å². The van der Waals surface area contributed by atoms with Gasteiger partial charge >= 0.3 is 0 Å². The summed E-state index contributed by atoms with van der Waals surface area (Å²) in [6, 6.07) is 11.5. The summed E-state index contributed by atoms with van der Waals surface area (Å²) in [7, 11) is 2.26. The van der Waals surface area contributed by atoms with E-state index < -0.39 is 0 Å². The number of nitrogens with zero attached hydrogens (tertiary/aromatic N) is 1. The van der Waals surface area contributed by atoms with Crippen molar-refractivity contribution in [2.75, 3.05) is 30.9 Å². The van der Waals surface area contributed by atoms with Crippen molar-refractivity contribution in [1.82, 2.24) is 4.90 Å². The van der Waals surface area contributed by atoms with E-state index in [1.807, 2.05) is 0 Å². The van der Waals surface area contributed by atoms with Crippen LogP contribution in [0.3, 0.4) is 0 Å². The average Bonchev–Trinajstić information content (AvgIpc) is 2.90. The van der Waals surface area contributed by atoms with E-state index >= 15 is 0 Å². The molecule has 0 aromatic heterocycles. The third kappa shape index (κ3) is 3.67. The molecule has 2 unspecified atom stereocenters. The predicted octanol–water partition coefficient (Wildman–Crippen LogP) is 3.14. The van der Waals surface area contributed by atoms with Gasteiger partial charge in [-0.25, -0.2) is 0 Å². The Morgan fingerprint density at radius 2 is 2.18 bits per heavy atom. The van der Waals surface area contributed by atoms with Crippen LogP contribution in [-0.2, 0) is 0 Å². The number of thiol groups is 1. The second-order valence-corrected chi connectivity index (χ2v) is 6.26. The molecular formula is C14H21NS2. The Kier molecular flexibility index (Phi) is 5.26. The third-order valence-corrected chi connectivity index (χ3v) is 5.11. The smallest absolute Gasteiger partial charge is 0.0191 e. The summed E-state index contributed by atoms with van der Waals surface area (Å²) < 4.78 is 0. The lowest BCUT2D eigenvalue weighted by molar-refractivity contribution is 0.251. The average molecular weight is 267 g/mol. The molecule has 0 N–H and O–H groups in total. The highest BCUT2D eigenvalue weighted by atomic mass is 32.2. The monoisotopic (exact) mass is 267 g/mol. The zero-order valence-corrected chi connectivity index (χ0v) is 12.1. The molecule has 0 saturated carbocycles. The number of thioether (sulfide) groups is 1. The van der Waals surface area contributed by atoms with Crippen LogP contribution in [0.25, 0.3) is 0 Å². The van der Waals surface area contributed by atoms with E-state index in [2.05, 4.69) is 66.7 Å². The van der Waals surface area contributed by atoms with Crippen molar-refractivity contribution >= 4 is 24.4 Å². The Morgan fingerprint density at radius 1 is 1.41 bits per heavy atom. The molecule has 0 spiro atoms. The van der Waals surface area contributed by atoms with Crippen LogP contribution in [0.2, 0.25) is 0 Å². The number of hydrogen-bond donors (Lipinski definition) is 1. The molecule has 3 heteroatoms. The molecule has 1 aliphatic heterocycles. The zero-order valence-electron chi connectivity index (χ0n) is 10.4. The van der Waals surface area contributed by atoms with Crippen LogP contribution < -0.4 is 0 Å². The van der Waals surface area contributed by atoms with Gasteiger partial charge in [0.1, 0.15) is 0 Å². The maximum absolute atomic E-state index is 4.51. The number of rotatable bonds is 5. The first-order valence-electron chi connectivity index (χ1n) is 6.25. The van der Waals surface area contributed by atoms with E-state index in [4.69, 9.17) is 0 Å². The molecule has 0 amide bonds. The van der Waals surface area contributed by atoms with Gasteiger partial charge in [-0.1, -0.05) is 30.3 Å². The quantitative estimate of drug-likeness (QED) is 0.817. The highest BCUT2D eigenvalue weighted by Crippen LogP contribution is 2.24. The van der Waals surface area contributed by atoms with E-state index in [-0.39, 0.29) is 0 Å². The SMILES string of the molecule is CN(CC(CS)c1ccccc1)C1CCSC1. The number of likely N-dealkylation sites (N-methyl/N-ethyl adjacent to an activating group) is 1. The Balaban J connectivity index is 1.95. The molecule has 17 heavy (non-hydrogen) atoms. The van der Waals surface area contributed by atoms with Crippen LogP contribution in [0.5, 0.6) is 0 Å². The molecule has 0 bridgehead atoms. The van der Waals surface area contributed by atoms with E-state index in [9.17, 15) is 0 Å². The number of benzene rings is 1. The molecule has 1 aromatic rings. The van der Waals surface area contributed by atoms with Crippen LogP contribution in [0, 0.1) is 0 Å². The van der Waals surface area contributed by atoms with Crippen molar-refractivity contribution < 1.29 is 0 Å². The largest absolute Gasteiger partial charge is 0.302 e. The maximum atomic E-state index is 4.51. The molecule has 1 heterocycles. The fraction of sp³-hybridized carbons (Fsp3) is 0.571. The topological polar surface area (TPSA) is 3.24 Å². The zero-order chi connectivity index (χ0) is 12.1. The van der Waals surface area contributed by atoms with Crippen LogP contribution in [0.4, 0.5) is 0 Å². The van der Waals surface area contributed by atoms with Gasteiger partial charge in [0.05, 0.1) is 0 Å². The molecule has 2 atom stereocenters. The van der Waals surface area contributed by atoms with E-state index in [1.165, 1.54) is 23.5 Å². The van der Waals surface area contributed by atoms with Crippen molar-refractivity contribution in [1.29, 1.82) is 0 Å². The Labute approximate surface area is 114 Å². The van der Waals surface area contributed by atoms with E-state index in [0.717, 1.165) is 18.3 Å². The van der Waals surface area contributed by atoms with E-state index in [0.29, 0.717) is 5.92 Å². The highest BCUT2D eigenvalue weighted by molar-refractivity contribution is 7.99. The Morgan fingerprint density at radius 3 is 2.76 bits per heavy atom. The summed E-state index contributed by atoms with van der Waals surface area (Å²) in [6.45, 7) is 1.12. The second-order valence-electron chi connectivity index (χ2n) is 4.75. The molecule has 1 nitrogen and oxygen atoms in total. The first-order chi connectivity index (χ1) is 8.31. The summed E-state index contributed by atoms with van der Waals surface area (Å²) in [5.41, 5.74) is 1.42. The van der Waals surface area contributed by atoms with Crippen LogP contribution in [-0.4, -0.2) is 41.8 Å². The molecule has 0 aliphatic carbocycles. The summed E-state index contributed by atoms with van der Waals surface area (Å²) in [5.74, 6) is 4.10. The van der Waals surface area contributed by atoms with Gasteiger partial charge in [0.2, 0.25) is 0 Å². The minimum Gasteiger partial charge on any atom is -0.302 e. The lowest BCUT2D eigenvalue weighted by atomic mass is 10.00. The van der Waals surface area contributed by atoms with Crippen molar-refractivity contribution in [3.05, 3.63) is 35.9 Å². The van der Waals surface area contributed by atoms with Crippen molar-refractivity contribution in [3.8, 4) is 0 Å². The standard InChI is InChI=1S/C14H21NS2/c1-15(14-7-8-17-11-14)9-13(10-16)12-5-3-2-4-6-12/h2-6,13-14,16H,7-11H2,1H3. The lowest BCUT2D eigenvalue weighted by Crippen LogP contribution is -2.35. The minimum atomic E-state index is 0.551. The molecular weight excluding hydrogens is 246 g/mol. The molecule has 0 radical (unpaired) electrons. The van der Waals surface area contributed by atoms with Crippen molar-refractivity contribution in [2.45, 2.75) is 18.4 Å². The van der Waals surface area contributed by atoms with E-state index in [1.54, 1.807) is 0 Å². The second kappa shape index (κ2) is 6.72. The van der Waals surface area contributed by atoms with Crippen LogP contribution >= 0.6 is 24.4 Å². The molecule has 1 aromatic carbocycles.